The molecule has 2 N–H and O–H groups in total. The van der Waals surface area contributed by atoms with E-state index in [2.05, 4.69) is 49.3 Å². The highest BCUT2D eigenvalue weighted by atomic mass is 15.3. The van der Waals surface area contributed by atoms with Gasteiger partial charge in [0.05, 0.1) is 5.69 Å². The number of hydrogen-bond acceptors (Lipinski definition) is 2. The first-order valence-electron chi connectivity index (χ1n) is 7.00. The van der Waals surface area contributed by atoms with E-state index in [0.717, 1.165) is 25.0 Å². The number of rotatable bonds is 5. The molecule has 0 amide bonds. The fraction of sp³-hybridized carbons (Fsp3) is 0.438. The van der Waals surface area contributed by atoms with Gasteiger partial charge < -0.3 is 5.73 Å². The molecule has 3 nitrogen and oxygen atoms in total. The van der Waals surface area contributed by atoms with Crippen molar-refractivity contribution in [2.24, 2.45) is 12.8 Å². The standard InChI is InChI=1S/C16H23N3/c1-4-12-6-8-13(9-7-12)16(17)11-15-10-14(5-2)18-19(15)3/h6-10,16H,4-5,11,17H2,1-3H3. The maximum absolute atomic E-state index is 6.30. The summed E-state index contributed by atoms with van der Waals surface area (Å²) in [6.07, 6.45) is 2.86. The molecule has 1 unspecified atom stereocenters. The predicted molar refractivity (Wildman–Crippen MR) is 79.0 cm³/mol. The second-order valence-corrected chi connectivity index (χ2v) is 5.01. The van der Waals surface area contributed by atoms with Crippen molar-refractivity contribution in [2.45, 2.75) is 39.2 Å². The first kappa shape index (κ1) is 13.8. The van der Waals surface area contributed by atoms with Gasteiger partial charge in [-0.15, -0.1) is 0 Å². The van der Waals surface area contributed by atoms with E-state index >= 15 is 0 Å². The number of aromatic nitrogens is 2. The Balaban J connectivity index is 2.10. The second-order valence-electron chi connectivity index (χ2n) is 5.01. The molecular weight excluding hydrogens is 234 g/mol. The lowest BCUT2D eigenvalue weighted by molar-refractivity contribution is 0.638. The molecule has 0 aliphatic rings. The molecule has 1 atom stereocenters. The first-order valence-corrected chi connectivity index (χ1v) is 7.00. The molecule has 3 heteroatoms. The zero-order chi connectivity index (χ0) is 13.8. The highest BCUT2D eigenvalue weighted by molar-refractivity contribution is 5.26. The van der Waals surface area contributed by atoms with E-state index in [-0.39, 0.29) is 6.04 Å². The number of nitrogens with two attached hydrogens (primary N) is 1. The largest absolute Gasteiger partial charge is 0.324 e. The highest BCUT2D eigenvalue weighted by Gasteiger charge is 2.11. The number of hydrogen-bond donors (Lipinski definition) is 1. The third-order valence-electron chi connectivity index (χ3n) is 3.63. The maximum Gasteiger partial charge on any atom is 0.0624 e. The molecule has 0 bridgehead atoms. The molecule has 0 saturated heterocycles. The third kappa shape index (κ3) is 3.24. The smallest absolute Gasteiger partial charge is 0.0624 e. The summed E-state index contributed by atoms with van der Waals surface area (Å²) in [5.74, 6) is 0. The first-order chi connectivity index (χ1) is 9.13. The van der Waals surface area contributed by atoms with E-state index < -0.39 is 0 Å². The van der Waals surface area contributed by atoms with Gasteiger partial charge in [0, 0.05) is 25.2 Å². The van der Waals surface area contributed by atoms with Crippen LogP contribution in [-0.2, 0) is 26.3 Å². The van der Waals surface area contributed by atoms with Gasteiger partial charge >= 0.3 is 0 Å². The highest BCUT2D eigenvalue weighted by Crippen LogP contribution is 2.17. The number of aryl methyl sites for hydroxylation is 3. The van der Waals surface area contributed by atoms with Crippen LogP contribution in [0.1, 0.15) is 42.4 Å². The molecule has 1 aromatic heterocycles. The molecule has 2 rings (SSSR count). The Morgan fingerprint density at radius 1 is 1.16 bits per heavy atom. The van der Waals surface area contributed by atoms with Crippen LogP contribution >= 0.6 is 0 Å². The second kappa shape index (κ2) is 6.02. The van der Waals surface area contributed by atoms with Gasteiger partial charge in [-0.1, -0.05) is 38.1 Å². The zero-order valence-corrected chi connectivity index (χ0v) is 12.1. The molecule has 19 heavy (non-hydrogen) atoms. The Morgan fingerprint density at radius 3 is 2.37 bits per heavy atom. The Kier molecular flexibility index (Phi) is 4.38. The van der Waals surface area contributed by atoms with Crippen molar-refractivity contribution in [3.8, 4) is 0 Å². The lowest BCUT2D eigenvalue weighted by atomic mass is 10.0. The molecule has 2 aromatic rings. The SMILES string of the molecule is CCc1ccc(C(N)Cc2cc(CC)nn2C)cc1. The van der Waals surface area contributed by atoms with Gasteiger partial charge in [0.15, 0.2) is 0 Å². The maximum atomic E-state index is 6.30. The minimum atomic E-state index is 0.0333. The van der Waals surface area contributed by atoms with Crippen LogP contribution in [0, 0.1) is 0 Å². The van der Waals surface area contributed by atoms with Crippen LogP contribution in [0.3, 0.4) is 0 Å². The summed E-state index contributed by atoms with van der Waals surface area (Å²) in [6.45, 7) is 4.28. The fourth-order valence-corrected chi connectivity index (χ4v) is 2.28. The van der Waals surface area contributed by atoms with Crippen LogP contribution in [0.2, 0.25) is 0 Å². The van der Waals surface area contributed by atoms with E-state index in [0.29, 0.717) is 0 Å². The van der Waals surface area contributed by atoms with Crippen molar-refractivity contribution in [1.82, 2.24) is 9.78 Å². The predicted octanol–water partition coefficient (Wildman–Crippen LogP) is 2.79. The Labute approximate surface area is 115 Å². The fourth-order valence-electron chi connectivity index (χ4n) is 2.28. The van der Waals surface area contributed by atoms with Gasteiger partial charge in [0.2, 0.25) is 0 Å². The van der Waals surface area contributed by atoms with Crippen molar-refractivity contribution in [3.63, 3.8) is 0 Å². The van der Waals surface area contributed by atoms with E-state index in [1.165, 1.54) is 16.8 Å². The van der Waals surface area contributed by atoms with Crippen LogP contribution in [0.25, 0.3) is 0 Å². The van der Waals surface area contributed by atoms with E-state index in [4.69, 9.17) is 5.73 Å². The summed E-state index contributed by atoms with van der Waals surface area (Å²) in [6, 6.07) is 10.8. The molecule has 0 aliphatic heterocycles. The Morgan fingerprint density at radius 2 is 1.84 bits per heavy atom. The van der Waals surface area contributed by atoms with Gasteiger partial charge in [-0.05, 0) is 30.0 Å². The van der Waals surface area contributed by atoms with Crippen LogP contribution in [0.4, 0.5) is 0 Å². The van der Waals surface area contributed by atoms with Crippen LogP contribution in [0.15, 0.2) is 30.3 Å². The van der Waals surface area contributed by atoms with E-state index in [1.54, 1.807) is 0 Å². The summed E-state index contributed by atoms with van der Waals surface area (Å²) in [4.78, 5) is 0. The van der Waals surface area contributed by atoms with Crippen molar-refractivity contribution < 1.29 is 0 Å². The van der Waals surface area contributed by atoms with Crippen molar-refractivity contribution in [3.05, 3.63) is 52.8 Å². The summed E-state index contributed by atoms with van der Waals surface area (Å²) in [7, 11) is 1.99. The van der Waals surface area contributed by atoms with Crippen LogP contribution in [-0.4, -0.2) is 9.78 Å². The summed E-state index contributed by atoms with van der Waals surface area (Å²) >= 11 is 0. The van der Waals surface area contributed by atoms with E-state index in [9.17, 15) is 0 Å². The summed E-state index contributed by atoms with van der Waals surface area (Å²) in [5.41, 5.74) is 11.2. The number of nitrogens with zero attached hydrogens (tertiary/aromatic N) is 2. The minimum Gasteiger partial charge on any atom is -0.324 e. The number of benzene rings is 1. The average molecular weight is 257 g/mol. The normalized spacial score (nSPS) is 12.6. The summed E-state index contributed by atoms with van der Waals surface area (Å²) in [5, 5.41) is 4.46. The summed E-state index contributed by atoms with van der Waals surface area (Å²) < 4.78 is 1.94. The molecule has 102 valence electrons. The molecule has 1 heterocycles. The molecular formula is C16H23N3. The topological polar surface area (TPSA) is 43.8 Å². The van der Waals surface area contributed by atoms with Crippen molar-refractivity contribution in [2.75, 3.05) is 0 Å². The molecule has 0 saturated carbocycles. The monoisotopic (exact) mass is 257 g/mol. The zero-order valence-electron chi connectivity index (χ0n) is 12.1. The average Bonchev–Trinajstić information content (AvgIpc) is 2.79. The van der Waals surface area contributed by atoms with Crippen molar-refractivity contribution in [1.29, 1.82) is 0 Å². The Hall–Kier alpha value is -1.61. The molecule has 0 aliphatic carbocycles. The molecule has 0 radical (unpaired) electrons. The van der Waals surface area contributed by atoms with Gasteiger partial charge in [0.25, 0.3) is 0 Å². The molecule has 1 aromatic carbocycles. The lowest BCUT2D eigenvalue weighted by Gasteiger charge is -2.12. The third-order valence-corrected chi connectivity index (χ3v) is 3.63. The van der Waals surface area contributed by atoms with Gasteiger partial charge in [0.1, 0.15) is 0 Å². The van der Waals surface area contributed by atoms with Crippen LogP contribution < -0.4 is 5.73 Å². The quantitative estimate of drug-likeness (QED) is 0.895. The molecule has 0 spiro atoms. The Bertz CT molecular complexity index is 525. The van der Waals surface area contributed by atoms with Crippen LogP contribution in [0.5, 0.6) is 0 Å². The van der Waals surface area contributed by atoms with Gasteiger partial charge in [-0.25, -0.2) is 0 Å². The van der Waals surface area contributed by atoms with E-state index in [1.807, 2.05) is 11.7 Å². The minimum absolute atomic E-state index is 0.0333. The molecule has 0 fully saturated rings. The lowest BCUT2D eigenvalue weighted by Crippen LogP contribution is -2.15. The van der Waals surface area contributed by atoms with Crippen molar-refractivity contribution >= 4 is 0 Å². The van der Waals surface area contributed by atoms with Gasteiger partial charge in [-0.3, -0.25) is 4.68 Å². The van der Waals surface area contributed by atoms with Gasteiger partial charge in [-0.2, -0.15) is 5.10 Å².